The van der Waals surface area contributed by atoms with Crippen molar-refractivity contribution in [1.82, 2.24) is 15.2 Å². The molecule has 2 aromatic heterocycles. The average molecular weight is 405 g/mol. The van der Waals surface area contributed by atoms with Crippen LogP contribution in [0.2, 0.25) is 0 Å². The van der Waals surface area contributed by atoms with Crippen LogP contribution in [0.4, 0.5) is 5.82 Å². The molecule has 0 spiro atoms. The molecule has 0 atom stereocenters. The molecular weight excluding hydrogens is 384 g/mol. The molecule has 0 aliphatic carbocycles. The molecule has 0 unspecified atom stereocenters. The second kappa shape index (κ2) is 8.88. The first-order valence-corrected chi connectivity index (χ1v) is 9.31. The van der Waals surface area contributed by atoms with Crippen molar-refractivity contribution in [3.63, 3.8) is 0 Å². The van der Waals surface area contributed by atoms with Crippen LogP contribution in [-0.2, 0) is 11.2 Å². The van der Waals surface area contributed by atoms with Gasteiger partial charge in [-0.3, -0.25) is 9.79 Å². The third-order valence-electron chi connectivity index (χ3n) is 3.52. The molecule has 3 N–H and O–H groups in total. The minimum Gasteiger partial charge on any atom is -0.369 e. The Morgan fingerprint density at radius 2 is 2.19 bits per heavy atom. The Labute approximate surface area is 167 Å². The summed E-state index contributed by atoms with van der Waals surface area (Å²) < 4.78 is 0. The number of thiazole rings is 1. The number of aliphatic imine (C=N–C) groups is 1. The Morgan fingerprint density at radius 1 is 1.44 bits per heavy atom. The molecule has 2 rings (SSSR count). The highest BCUT2D eigenvalue weighted by Gasteiger charge is 2.25. The van der Waals surface area contributed by atoms with Crippen molar-refractivity contribution in [2.45, 2.75) is 32.7 Å². The Balaban J connectivity index is 2.19. The van der Waals surface area contributed by atoms with Gasteiger partial charge in [0.05, 0.1) is 22.7 Å². The fraction of sp³-hybridized carbons (Fsp3) is 0.278. The van der Waals surface area contributed by atoms with Gasteiger partial charge in [-0.2, -0.15) is 0 Å². The lowest BCUT2D eigenvalue weighted by molar-refractivity contribution is -0.117. The summed E-state index contributed by atoms with van der Waals surface area (Å²) in [4.78, 5) is 20.1. The van der Waals surface area contributed by atoms with Crippen molar-refractivity contribution in [3.8, 4) is 10.7 Å². The quantitative estimate of drug-likeness (QED) is 0.517. The molecule has 9 heteroatoms. The third-order valence-corrected chi connectivity index (χ3v) is 4.84. The number of carbonyl (C=O) groups excluding carboxylic acids is 1. The van der Waals surface area contributed by atoms with Crippen LogP contribution in [0.25, 0.3) is 10.7 Å². The maximum Gasteiger partial charge on any atom is 0.222 e. The van der Waals surface area contributed by atoms with Gasteiger partial charge in [0.2, 0.25) is 5.91 Å². The second-order valence-electron chi connectivity index (χ2n) is 6.18. The maximum absolute atomic E-state index is 11.0. The SMILES string of the molecule is C=N/C(=C(Cl)\C=C/C)C(C)(C)Nc1ccc(-c2ncc(CC(N)=O)s2)nn1. The van der Waals surface area contributed by atoms with E-state index in [2.05, 4.69) is 32.2 Å². The van der Waals surface area contributed by atoms with Crippen molar-refractivity contribution in [3.05, 3.63) is 46.1 Å². The zero-order valence-corrected chi connectivity index (χ0v) is 16.9. The van der Waals surface area contributed by atoms with E-state index in [1.54, 1.807) is 24.4 Å². The summed E-state index contributed by atoms with van der Waals surface area (Å²) in [7, 11) is 0. The minimum absolute atomic E-state index is 0.162. The van der Waals surface area contributed by atoms with Gasteiger partial charge in [0.25, 0.3) is 0 Å². The van der Waals surface area contributed by atoms with Crippen molar-refractivity contribution in [2.24, 2.45) is 10.7 Å². The van der Waals surface area contributed by atoms with Crippen LogP contribution in [0, 0.1) is 0 Å². The largest absolute Gasteiger partial charge is 0.369 e. The van der Waals surface area contributed by atoms with Crippen LogP contribution in [0.1, 0.15) is 25.6 Å². The number of nitrogens with zero attached hydrogens (tertiary/aromatic N) is 4. The van der Waals surface area contributed by atoms with E-state index in [-0.39, 0.29) is 6.42 Å². The van der Waals surface area contributed by atoms with Crippen molar-refractivity contribution >= 4 is 41.4 Å². The highest BCUT2D eigenvalue weighted by Crippen LogP contribution is 2.28. The summed E-state index contributed by atoms with van der Waals surface area (Å²) >= 11 is 7.65. The summed E-state index contributed by atoms with van der Waals surface area (Å²) in [5.41, 5.74) is 5.81. The van der Waals surface area contributed by atoms with Crippen LogP contribution in [0.15, 0.2) is 46.2 Å². The molecule has 142 valence electrons. The first kappa shape index (κ1) is 20.7. The molecule has 0 aromatic carbocycles. The Kier molecular flexibility index (Phi) is 6.81. The molecule has 27 heavy (non-hydrogen) atoms. The van der Waals surface area contributed by atoms with E-state index in [9.17, 15) is 4.79 Å². The zero-order chi connectivity index (χ0) is 20.0. The van der Waals surface area contributed by atoms with E-state index >= 15 is 0 Å². The molecule has 0 aliphatic rings. The lowest BCUT2D eigenvalue weighted by atomic mass is 10.00. The lowest BCUT2D eigenvalue weighted by Gasteiger charge is -2.27. The van der Waals surface area contributed by atoms with Crippen LogP contribution in [-0.4, -0.2) is 33.3 Å². The average Bonchev–Trinajstić information content (AvgIpc) is 3.03. The van der Waals surface area contributed by atoms with Gasteiger partial charge in [0.15, 0.2) is 0 Å². The van der Waals surface area contributed by atoms with Gasteiger partial charge >= 0.3 is 0 Å². The van der Waals surface area contributed by atoms with Crippen molar-refractivity contribution in [2.75, 3.05) is 5.32 Å². The van der Waals surface area contributed by atoms with Gasteiger partial charge < -0.3 is 11.1 Å². The number of primary amides is 1. The number of aromatic nitrogens is 3. The molecule has 1 amide bonds. The van der Waals surface area contributed by atoms with Crippen molar-refractivity contribution < 1.29 is 4.79 Å². The molecule has 0 fully saturated rings. The number of nitrogens with one attached hydrogen (secondary N) is 1. The van der Waals surface area contributed by atoms with E-state index in [0.717, 1.165) is 4.88 Å². The Bertz CT molecular complexity index is 886. The molecule has 0 bridgehead atoms. The maximum atomic E-state index is 11.0. The lowest BCUT2D eigenvalue weighted by Crippen LogP contribution is -2.33. The topological polar surface area (TPSA) is 106 Å². The molecule has 2 aromatic rings. The first-order valence-electron chi connectivity index (χ1n) is 8.11. The van der Waals surface area contributed by atoms with Gasteiger partial charge in [-0.05, 0) is 45.7 Å². The molecule has 0 radical (unpaired) electrons. The first-order chi connectivity index (χ1) is 12.8. The van der Waals surface area contributed by atoms with E-state index in [4.69, 9.17) is 17.3 Å². The predicted molar refractivity (Wildman–Crippen MR) is 111 cm³/mol. The van der Waals surface area contributed by atoms with Gasteiger partial charge in [-0.25, -0.2) is 4.98 Å². The summed E-state index contributed by atoms with van der Waals surface area (Å²) in [6.45, 7) is 9.33. The van der Waals surface area contributed by atoms with E-state index in [1.165, 1.54) is 11.3 Å². The minimum atomic E-state index is -0.607. The zero-order valence-electron chi connectivity index (χ0n) is 15.4. The molecule has 2 heterocycles. The van der Waals surface area contributed by atoms with Crippen LogP contribution >= 0.6 is 22.9 Å². The van der Waals surface area contributed by atoms with Crippen molar-refractivity contribution in [1.29, 1.82) is 0 Å². The highest BCUT2D eigenvalue weighted by atomic mass is 35.5. The van der Waals surface area contributed by atoms with E-state index < -0.39 is 11.4 Å². The van der Waals surface area contributed by atoms with Crippen LogP contribution in [0.3, 0.4) is 0 Å². The number of hydrogen-bond acceptors (Lipinski definition) is 7. The number of anilines is 1. The third kappa shape index (κ3) is 5.45. The van der Waals surface area contributed by atoms with Gasteiger partial charge in [0.1, 0.15) is 16.5 Å². The van der Waals surface area contributed by atoms with Gasteiger partial charge in [-0.15, -0.1) is 21.5 Å². The number of rotatable bonds is 8. The molecule has 0 saturated carbocycles. The molecule has 7 nitrogen and oxygen atoms in total. The number of halogens is 1. The number of hydrogen-bond donors (Lipinski definition) is 2. The monoisotopic (exact) mass is 404 g/mol. The van der Waals surface area contributed by atoms with E-state index in [1.807, 2.05) is 26.8 Å². The van der Waals surface area contributed by atoms with Crippen LogP contribution in [0.5, 0.6) is 0 Å². The van der Waals surface area contributed by atoms with E-state index in [0.29, 0.717) is 27.2 Å². The van der Waals surface area contributed by atoms with Gasteiger partial charge in [0, 0.05) is 11.1 Å². The molecular formula is C18H21ClN6OS. The number of allylic oxidation sites excluding steroid dienone is 3. The summed E-state index contributed by atoms with van der Waals surface area (Å²) in [5.74, 6) is 0.165. The molecule has 0 aliphatic heterocycles. The highest BCUT2D eigenvalue weighted by molar-refractivity contribution is 7.15. The Hall–Kier alpha value is -2.58. The Morgan fingerprint density at radius 3 is 2.74 bits per heavy atom. The smallest absolute Gasteiger partial charge is 0.222 e. The van der Waals surface area contributed by atoms with Gasteiger partial charge in [-0.1, -0.05) is 17.7 Å². The number of nitrogens with two attached hydrogens (primary N) is 1. The summed E-state index contributed by atoms with van der Waals surface area (Å²) in [6, 6.07) is 3.60. The number of amides is 1. The predicted octanol–water partition coefficient (Wildman–Crippen LogP) is 3.55. The molecule has 0 saturated heterocycles. The summed E-state index contributed by atoms with van der Waals surface area (Å²) in [6.07, 6.45) is 5.38. The fourth-order valence-electron chi connectivity index (χ4n) is 2.37. The number of carbonyl (C=O) groups is 1. The fourth-order valence-corrected chi connectivity index (χ4v) is 3.68. The summed E-state index contributed by atoms with van der Waals surface area (Å²) in [5, 5.41) is 12.8. The standard InChI is InChI=1S/C18H21ClN6OS/c1-5-6-12(19)16(21-4)18(2,3)23-15-8-7-13(24-25-15)17-22-10-11(27-17)9-14(20)26/h5-8,10H,4,9H2,1-3H3,(H2,20,26)(H,23,25)/b6-5-,16-12+. The van der Waals surface area contributed by atoms with Crippen LogP contribution < -0.4 is 11.1 Å². The second-order valence-corrected chi connectivity index (χ2v) is 7.71. The normalized spacial score (nSPS) is 12.7.